The molecule has 1 saturated heterocycles. The van der Waals surface area contributed by atoms with Gasteiger partial charge in [0.2, 0.25) is 0 Å². The van der Waals surface area contributed by atoms with Gasteiger partial charge in [-0.25, -0.2) is 4.39 Å². The highest BCUT2D eigenvalue weighted by atomic mass is 32.2. The van der Waals surface area contributed by atoms with Crippen molar-refractivity contribution in [2.45, 2.75) is 5.25 Å². The predicted molar refractivity (Wildman–Crippen MR) is 62.5 cm³/mol. The molecular weight excluding hydrogens is 229 g/mol. The van der Waals surface area contributed by atoms with Gasteiger partial charge < -0.3 is 10.0 Å². The van der Waals surface area contributed by atoms with Crippen LogP contribution in [0.5, 0.6) is 0 Å². The zero-order valence-electron chi connectivity index (χ0n) is 8.60. The van der Waals surface area contributed by atoms with E-state index in [0.717, 1.165) is 18.0 Å². The van der Waals surface area contributed by atoms with Crippen molar-refractivity contribution >= 4 is 23.4 Å². The number of nitrogens with zero attached hydrogens (tertiary/aromatic N) is 1. The molecule has 1 aromatic rings. The lowest BCUT2D eigenvalue weighted by atomic mass is 10.2. The fourth-order valence-corrected chi connectivity index (χ4v) is 2.72. The molecule has 0 bridgehead atoms. The Balaban J connectivity index is 2.09. The van der Waals surface area contributed by atoms with Gasteiger partial charge in [-0.15, -0.1) is 11.8 Å². The summed E-state index contributed by atoms with van der Waals surface area (Å²) in [5.74, 6) is -0.268. The summed E-state index contributed by atoms with van der Waals surface area (Å²) in [6.07, 6.45) is 0. The minimum Gasteiger partial charge on any atom is -0.480 e. The molecule has 1 N–H and O–H groups in total. The summed E-state index contributed by atoms with van der Waals surface area (Å²) in [6, 6.07) is 6.16. The quantitative estimate of drug-likeness (QED) is 0.857. The molecule has 1 aliphatic heterocycles. The molecule has 3 nitrogen and oxygen atoms in total. The Labute approximate surface area is 97.3 Å². The van der Waals surface area contributed by atoms with Crippen LogP contribution in [0.25, 0.3) is 0 Å². The number of aliphatic carboxylic acids is 1. The molecule has 5 heteroatoms. The number of carboxylic acids is 1. The second-order valence-corrected chi connectivity index (χ2v) is 4.93. The highest BCUT2D eigenvalue weighted by Gasteiger charge is 2.25. The summed E-state index contributed by atoms with van der Waals surface area (Å²) in [7, 11) is 0. The smallest absolute Gasteiger partial charge is 0.318 e. The first kappa shape index (κ1) is 11.3. The Morgan fingerprint density at radius 3 is 2.75 bits per heavy atom. The van der Waals surface area contributed by atoms with Gasteiger partial charge in [0.25, 0.3) is 0 Å². The van der Waals surface area contributed by atoms with Crippen LogP contribution in [0.15, 0.2) is 24.3 Å². The Morgan fingerprint density at radius 1 is 1.44 bits per heavy atom. The molecule has 2 rings (SSSR count). The lowest BCUT2D eigenvalue weighted by molar-refractivity contribution is -0.136. The van der Waals surface area contributed by atoms with E-state index in [1.807, 2.05) is 4.90 Å². The molecule has 0 radical (unpaired) electrons. The maximum Gasteiger partial charge on any atom is 0.318 e. The summed E-state index contributed by atoms with van der Waals surface area (Å²) in [5.41, 5.74) is 0.882. The highest BCUT2D eigenvalue weighted by Crippen LogP contribution is 2.24. The predicted octanol–water partition coefficient (Wildman–Crippen LogP) is 1.83. The number of anilines is 1. The van der Waals surface area contributed by atoms with Crippen molar-refractivity contribution in [2.24, 2.45) is 0 Å². The number of benzene rings is 1. The standard InChI is InChI=1S/C11H12FNO2S/c12-8-1-3-9(4-2-8)13-5-6-16-10(7-13)11(14)15/h1-4,10H,5-7H2,(H,14,15). The van der Waals surface area contributed by atoms with Crippen molar-refractivity contribution in [1.82, 2.24) is 0 Å². The van der Waals surface area contributed by atoms with Crippen LogP contribution in [0.3, 0.4) is 0 Å². The van der Waals surface area contributed by atoms with Crippen LogP contribution in [-0.4, -0.2) is 35.2 Å². The number of hydrogen-bond acceptors (Lipinski definition) is 3. The van der Waals surface area contributed by atoms with Crippen LogP contribution in [0, 0.1) is 5.82 Å². The summed E-state index contributed by atoms with van der Waals surface area (Å²) in [4.78, 5) is 12.9. The van der Waals surface area contributed by atoms with E-state index in [2.05, 4.69) is 0 Å². The lowest BCUT2D eigenvalue weighted by Gasteiger charge is -2.32. The van der Waals surface area contributed by atoms with E-state index >= 15 is 0 Å². The van der Waals surface area contributed by atoms with Crippen molar-refractivity contribution in [3.05, 3.63) is 30.1 Å². The molecule has 1 atom stereocenters. The highest BCUT2D eigenvalue weighted by molar-refractivity contribution is 8.00. The number of rotatable bonds is 2. The van der Waals surface area contributed by atoms with Gasteiger partial charge in [0.05, 0.1) is 0 Å². The fraction of sp³-hybridized carbons (Fsp3) is 0.364. The Bertz CT molecular complexity index is 382. The van der Waals surface area contributed by atoms with Gasteiger partial charge >= 0.3 is 5.97 Å². The molecule has 1 fully saturated rings. The number of halogens is 1. The van der Waals surface area contributed by atoms with Gasteiger partial charge in [-0.2, -0.15) is 0 Å². The van der Waals surface area contributed by atoms with E-state index in [-0.39, 0.29) is 11.1 Å². The van der Waals surface area contributed by atoms with Crippen LogP contribution in [-0.2, 0) is 4.79 Å². The second kappa shape index (κ2) is 4.74. The van der Waals surface area contributed by atoms with Crippen molar-refractivity contribution < 1.29 is 14.3 Å². The molecule has 1 aliphatic rings. The van der Waals surface area contributed by atoms with Crippen molar-refractivity contribution in [3.63, 3.8) is 0 Å². The summed E-state index contributed by atoms with van der Waals surface area (Å²) >= 11 is 1.46. The van der Waals surface area contributed by atoms with Gasteiger partial charge in [-0.05, 0) is 24.3 Å². The van der Waals surface area contributed by atoms with Gasteiger partial charge in [-0.1, -0.05) is 0 Å². The zero-order valence-corrected chi connectivity index (χ0v) is 9.41. The van der Waals surface area contributed by atoms with Gasteiger partial charge in [0.1, 0.15) is 11.1 Å². The molecule has 1 unspecified atom stereocenters. The summed E-state index contributed by atoms with van der Waals surface area (Å²) in [5, 5.41) is 8.55. The monoisotopic (exact) mass is 241 g/mol. The average molecular weight is 241 g/mol. The number of carbonyl (C=O) groups is 1. The SMILES string of the molecule is O=C(O)C1CN(c2ccc(F)cc2)CCS1. The third-order valence-corrected chi connectivity index (χ3v) is 3.71. The van der Waals surface area contributed by atoms with Crippen LogP contribution >= 0.6 is 11.8 Å². The van der Waals surface area contributed by atoms with E-state index < -0.39 is 5.97 Å². The molecule has 0 saturated carbocycles. The van der Waals surface area contributed by atoms with Gasteiger partial charge in [-0.3, -0.25) is 4.79 Å². The van der Waals surface area contributed by atoms with Crippen molar-refractivity contribution in [1.29, 1.82) is 0 Å². The van der Waals surface area contributed by atoms with Gasteiger partial charge in [0, 0.05) is 24.5 Å². The van der Waals surface area contributed by atoms with Crippen LogP contribution < -0.4 is 4.90 Å². The molecule has 1 heterocycles. The molecule has 0 aromatic heterocycles. The first-order valence-corrected chi connectivity index (χ1v) is 6.06. The van der Waals surface area contributed by atoms with E-state index in [4.69, 9.17) is 5.11 Å². The lowest BCUT2D eigenvalue weighted by Crippen LogP contribution is -2.41. The fourth-order valence-electron chi connectivity index (χ4n) is 1.69. The normalized spacial score (nSPS) is 20.8. The molecule has 0 aliphatic carbocycles. The van der Waals surface area contributed by atoms with E-state index in [0.29, 0.717) is 6.54 Å². The molecule has 86 valence electrons. The minimum atomic E-state index is -0.781. The Kier molecular flexibility index (Phi) is 3.33. The maximum atomic E-state index is 12.7. The van der Waals surface area contributed by atoms with E-state index in [1.165, 1.54) is 23.9 Å². The second-order valence-electron chi connectivity index (χ2n) is 3.62. The number of thioether (sulfide) groups is 1. The molecule has 1 aromatic carbocycles. The van der Waals surface area contributed by atoms with Crippen LogP contribution in [0.4, 0.5) is 10.1 Å². The van der Waals surface area contributed by atoms with Gasteiger partial charge in [0.15, 0.2) is 0 Å². The summed E-state index contributed by atoms with van der Waals surface area (Å²) < 4.78 is 12.7. The third-order valence-electron chi connectivity index (χ3n) is 2.53. The first-order chi connectivity index (χ1) is 7.66. The molecule has 0 amide bonds. The third kappa shape index (κ3) is 2.47. The maximum absolute atomic E-state index is 12.7. The molecular formula is C11H12FNO2S. The zero-order chi connectivity index (χ0) is 11.5. The van der Waals surface area contributed by atoms with Crippen LogP contribution in [0.1, 0.15) is 0 Å². The average Bonchev–Trinajstić information content (AvgIpc) is 2.30. The molecule has 16 heavy (non-hydrogen) atoms. The van der Waals surface area contributed by atoms with Crippen LogP contribution in [0.2, 0.25) is 0 Å². The summed E-state index contributed by atoms with van der Waals surface area (Å²) in [6.45, 7) is 1.28. The van der Waals surface area contributed by atoms with Crippen molar-refractivity contribution in [2.75, 3.05) is 23.7 Å². The minimum absolute atomic E-state index is 0.273. The van der Waals surface area contributed by atoms with Crippen molar-refractivity contribution in [3.8, 4) is 0 Å². The van der Waals surface area contributed by atoms with E-state index in [9.17, 15) is 9.18 Å². The largest absolute Gasteiger partial charge is 0.480 e. The number of carboxylic acid groups (broad SMARTS) is 1. The Hall–Kier alpha value is -1.23. The first-order valence-electron chi connectivity index (χ1n) is 5.02. The molecule has 0 spiro atoms. The Morgan fingerprint density at radius 2 is 2.12 bits per heavy atom. The number of hydrogen-bond donors (Lipinski definition) is 1. The topological polar surface area (TPSA) is 40.5 Å². The van der Waals surface area contributed by atoms with E-state index in [1.54, 1.807) is 12.1 Å².